The third-order valence-corrected chi connectivity index (χ3v) is 13.7. The monoisotopic (exact) mass is 745 g/mol. The highest BCUT2D eigenvalue weighted by atomic mass is 32.1. The largest absolute Gasteiger partial charge is 0.300 e. The van der Waals surface area contributed by atoms with Crippen molar-refractivity contribution >= 4 is 114 Å². The Kier molecular flexibility index (Phi) is 6.71. The Morgan fingerprint density at radius 3 is 1.95 bits per heavy atom. The van der Waals surface area contributed by atoms with Crippen molar-refractivity contribution in [2.45, 2.75) is 19.3 Å². The van der Waals surface area contributed by atoms with E-state index >= 15 is 0 Å². The molecule has 12 rings (SSSR count). The normalized spacial score (nSPS) is 14.2. The molecular weight excluding hydrogens is 711 g/mol. The maximum atomic E-state index is 9.93. The Labute approximate surface area is 332 Å². The number of aliphatic imine (C=N–C) groups is 1. The minimum atomic E-state index is -0.431. The van der Waals surface area contributed by atoms with Crippen molar-refractivity contribution < 1.29 is 0 Å². The van der Waals surface area contributed by atoms with Gasteiger partial charge < -0.3 is 0 Å². The van der Waals surface area contributed by atoms with Crippen molar-refractivity contribution in [2.75, 3.05) is 0 Å². The van der Waals surface area contributed by atoms with Gasteiger partial charge in [0.2, 0.25) is 0 Å². The first kappa shape index (κ1) is 32.4. The van der Waals surface area contributed by atoms with Gasteiger partial charge in [0.1, 0.15) is 6.34 Å². The van der Waals surface area contributed by atoms with Crippen LogP contribution in [-0.2, 0) is 5.41 Å². The van der Waals surface area contributed by atoms with Crippen LogP contribution in [0, 0.1) is 5.41 Å². The molecule has 9 aromatic carbocycles. The molecule has 1 aliphatic carbocycles. The first-order valence-corrected chi connectivity index (χ1v) is 20.4. The first-order valence-electron chi connectivity index (χ1n) is 19.5. The Morgan fingerprint density at radius 1 is 0.544 bits per heavy atom. The van der Waals surface area contributed by atoms with Crippen molar-refractivity contribution in [3.8, 4) is 0 Å². The van der Waals surface area contributed by atoms with Gasteiger partial charge >= 0.3 is 0 Å². The summed E-state index contributed by atoms with van der Waals surface area (Å²) in [4.78, 5) is 5.48. The summed E-state index contributed by atoms with van der Waals surface area (Å²) in [6.07, 6.45) is 2.02. The van der Waals surface area contributed by atoms with E-state index in [-0.39, 0.29) is 0 Å². The molecule has 268 valence electrons. The number of aromatic nitrogens is 1. The molecule has 0 atom stereocenters. The minimum Gasteiger partial charge on any atom is -0.300 e. The molecule has 0 spiro atoms. The van der Waals surface area contributed by atoms with E-state index in [0.29, 0.717) is 5.71 Å². The van der Waals surface area contributed by atoms with Gasteiger partial charge in [0.15, 0.2) is 0 Å². The van der Waals surface area contributed by atoms with Crippen LogP contribution >= 0.6 is 11.3 Å². The van der Waals surface area contributed by atoms with E-state index < -0.39 is 5.41 Å². The second-order valence-electron chi connectivity index (χ2n) is 15.8. The zero-order valence-corrected chi connectivity index (χ0v) is 32.3. The fourth-order valence-electron chi connectivity index (χ4n) is 9.92. The number of rotatable bonds is 4. The third-order valence-electron chi connectivity index (χ3n) is 12.5. The van der Waals surface area contributed by atoms with Crippen molar-refractivity contribution in [1.29, 1.82) is 5.41 Å². The number of nitrogens with one attached hydrogen (secondary N) is 1. The van der Waals surface area contributed by atoms with Crippen LogP contribution in [0.1, 0.15) is 30.5 Å². The van der Waals surface area contributed by atoms with Crippen molar-refractivity contribution in [1.82, 2.24) is 4.57 Å². The average molecular weight is 746 g/mol. The summed E-state index contributed by atoms with van der Waals surface area (Å²) in [5.74, 6) is 0. The maximum absolute atomic E-state index is 9.93. The van der Waals surface area contributed by atoms with Gasteiger partial charge in [-0.1, -0.05) is 147 Å². The van der Waals surface area contributed by atoms with Gasteiger partial charge in [-0.05, 0) is 73.6 Å². The van der Waals surface area contributed by atoms with Crippen molar-refractivity contribution in [3.05, 3.63) is 186 Å². The highest BCUT2D eigenvalue weighted by Gasteiger charge is 2.40. The molecule has 0 aliphatic heterocycles. The van der Waals surface area contributed by atoms with Crippen LogP contribution in [0.25, 0.3) is 90.8 Å². The van der Waals surface area contributed by atoms with E-state index in [2.05, 4.69) is 182 Å². The Balaban J connectivity index is 1.14. The third kappa shape index (κ3) is 4.47. The molecule has 0 unspecified atom stereocenters. The zero-order chi connectivity index (χ0) is 38.0. The van der Waals surface area contributed by atoms with Crippen LogP contribution in [0.2, 0.25) is 0 Å². The SMILES string of the molecule is CC1(C)C(C(=N)c2ccc3sc4ccccc4c3c2)=C(N=Cn2c3ccc4ccccc4c3c3c4c5ccccc5c5ccccc5c4ccc32)c2ccccc21. The van der Waals surface area contributed by atoms with E-state index in [1.807, 2.05) is 6.34 Å². The van der Waals surface area contributed by atoms with Gasteiger partial charge in [-0.2, -0.15) is 0 Å². The summed E-state index contributed by atoms with van der Waals surface area (Å²) in [6, 6.07) is 59.1. The summed E-state index contributed by atoms with van der Waals surface area (Å²) in [5.41, 5.74) is 7.26. The van der Waals surface area contributed by atoms with Crippen molar-refractivity contribution in [2.24, 2.45) is 4.99 Å². The minimum absolute atomic E-state index is 0.431. The standard InChI is InChI=1S/C53H35N3S/c1-53(2)42-21-11-9-20-40(42)52(50(53)51(54)32-24-28-46-41(29-32)37-18-10-12-22-45(37)57-46)55-30-56-43-26-23-31-13-3-4-14-33(31)48(43)49-44(56)27-25-39-36-17-6-5-15-34(36)35-16-7-8-19-38(35)47(39)49/h3-30,54H,1-2H3. The van der Waals surface area contributed by atoms with Gasteiger partial charge in [0, 0.05) is 58.4 Å². The van der Waals surface area contributed by atoms with Crippen LogP contribution in [0.5, 0.6) is 0 Å². The molecule has 0 saturated carbocycles. The van der Waals surface area contributed by atoms with Crippen LogP contribution in [0.15, 0.2) is 174 Å². The highest BCUT2D eigenvalue weighted by Crippen LogP contribution is 2.49. The van der Waals surface area contributed by atoms with Crippen LogP contribution in [0.4, 0.5) is 0 Å². The van der Waals surface area contributed by atoms with Crippen molar-refractivity contribution in [3.63, 3.8) is 0 Å². The Morgan fingerprint density at radius 2 is 1.14 bits per heavy atom. The molecular formula is C53H35N3S. The fraction of sp³-hybridized carbons (Fsp3) is 0.0566. The quantitative estimate of drug-likeness (QED) is 0.106. The predicted molar refractivity (Wildman–Crippen MR) is 246 cm³/mol. The number of thiophene rings is 1. The molecule has 0 bridgehead atoms. The molecule has 0 fully saturated rings. The molecule has 4 heteroatoms. The number of nitrogens with zero attached hydrogens (tertiary/aromatic N) is 2. The first-order chi connectivity index (χ1) is 28.0. The Hall–Kier alpha value is -6.88. The molecule has 0 radical (unpaired) electrons. The molecule has 1 aliphatic rings. The van der Waals surface area contributed by atoms with Crippen LogP contribution in [-0.4, -0.2) is 16.6 Å². The summed E-state index contributed by atoms with van der Waals surface area (Å²) in [6.45, 7) is 4.48. The molecule has 2 heterocycles. The number of allylic oxidation sites excluding steroid dienone is 1. The van der Waals surface area contributed by atoms with E-state index in [4.69, 9.17) is 4.99 Å². The van der Waals surface area contributed by atoms with E-state index in [0.717, 1.165) is 33.4 Å². The Bertz CT molecular complexity index is 3600. The fourth-order valence-corrected chi connectivity index (χ4v) is 11.0. The molecule has 57 heavy (non-hydrogen) atoms. The number of fused-ring (bicyclic) bond motifs is 16. The lowest BCUT2D eigenvalue weighted by atomic mass is 9.78. The van der Waals surface area contributed by atoms with E-state index in [1.165, 1.54) is 79.6 Å². The van der Waals surface area contributed by atoms with E-state index in [1.54, 1.807) is 11.3 Å². The average Bonchev–Trinajstić information content (AvgIpc) is 3.87. The number of benzene rings is 9. The molecule has 0 saturated heterocycles. The lowest BCUT2D eigenvalue weighted by Gasteiger charge is -2.25. The molecule has 1 N–H and O–H groups in total. The zero-order valence-electron chi connectivity index (χ0n) is 31.5. The molecule has 2 aromatic heterocycles. The predicted octanol–water partition coefficient (Wildman–Crippen LogP) is 14.4. The van der Waals surface area contributed by atoms with E-state index in [9.17, 15) is 5.41 Å². The maximum Gasteiger partial charge on any atom is 0.100 e. The summed E-state index contributed by atoms with van der Waals surface area (Å²) in [7, 11) is 0. The van der Waals surface area contributed by atoms with Gasteiger partial charge in [-0.25, -0.2) is 4.99 Å². The summed E-state index contributed by atoms with van der Waals surface area (Å²) >= 11 is 1.81. The summed E-state index contributed by atoms with van der Waals surface area (Å²) in [5, 5.41) is 24.8. The number of hydrogen-bond donors (Lipinski definition) is 1. The lowest BCUT2D eigenvalue weighted by molar-refractivity contribution is 0.661. The van der Waals surface area contributed by atoms with Gasteiger partial charge in [0.05, 0.1) is 22.4 Å². The smallest absolute Gasteiger partial charge is 0.100 e. The van der Waals surface area contributed by atoms with Crippen LogP contribution < -0.4 is 0 Å². The lowest BCUT2D eigenvalue weighted by Crippen LogP contribution is -2.23. The van der Waals surface area contributed by atoms with Gasteiger partial charge in [-0.3, -0.25) is 9.98 Å². The number of hydrogen-bond acceptors (Lipinski definition) is 3. The second kappa shape index (κ2) is 11.8. The van der Waals surface area contributed by atoms with Gasteiger partial charge in [-0.15, -0.1) is 11.3 Å². The highest BCUT2D eigenvalue weighted by molar-refractivity contribution is 7.25. The second-order valence-corrected chi connectivity index (χ2v) is 16.9. The molecule has 3 nitrogen and oxygen atoms in total. The molecule has 11 aromatic rings. The molecule has 0 amide bonds. The topological polar surface area (TPSA) is 41.1 Å². The summed E-state index contributed by atoms with van der Waals surface area (Å²) < 4.78 is 4.79. The van der Waals surface area contributed by atoms with Gasteiger partial charge in [0.25, 0.3) is 0 Å². The van der Waals surface area contributed by atoms with Crippen LogP contribution in [0.3, 0.4) is 0 Å².